The lowest BCUT2D eigenvalue weighted by Gasteiger charge is -2.09. The Labute approximate surface area is 184 Å². The average Bonchev–Trinajstić information content (AvgIpc) is 3.11. The van der Waals surface area contributed by atoms with E-state index < -0.39 is 11.7 Å². The first kappa shape index (κ1) is 19.5. The topological polar surface area (TPSA) is 67.2 Å². The molecular formula is C21H13FIN3O2S. The fraction of sp³-hybridized carbons (Fsp3) is 0. The number of amides is 1. The lowest BCUT2D eigenvalue weighted by atomic mass is 10.2. The number of thiocarbonyl (C=S) groups is 1. The molecule has 0 aliphatic heterocycles. The van der Waals surface area contributed by atoms with Crippen molar-refractivity contribution in [3.05, 3.63) is 81.7 Å². The van der Waals surface area contributed by atoms with Crippen LogP contribution in [-0.4, -0.2) is 16.0 Å². The Balaban J connectivity index is 1.50. The molecule has 4 rings (SSSR count). The predicted molar refractivity (Wildman–Crippen MR) is 122 cm³/mol. The van der Waals surface area contributed by atoms with Crippen LogP contribution < -0.4 is 10.6 Å². The van der Waals surface area contributed by atoms with Gasteiger partial charge in [0.1, 0.15) is 11.3 Å². The molecule has 144 valence electrons. The molecule has 0 saturated carbocycles. The number of carbonyl (C=O) groups is 1. The van der Waals surface area contributed by atoms with E-state index >= 15 is 0 Å². The van der Waals surface area contributed by atoms with E-state index in [1.165, 1.54) is 18.2 Å². The molecule has 8 heteroatoms. The minimum absolute atomic E-state index is 0.0546. The van der Waals surface area contributed by atoms with Gasteiger partial charge in [0.25, 0.3) is 5.91 Å². The van der Waals surface area contributed by atoms with Crippen LogP contribution in [0.25, 0.3) is 22.6 Å². The summed E-state index contributed by atoms with van der Waals surface area (Å²) in [6.45, 7) is 0. The molecule has 0 bridgehead atoms. The van der Waals surface area contributed by atoms with Crippen molar-refractivity contribution in [3.8, 4) is 11.5 Å². The van der Waals surface area contributed by atoms with Gasteiger partial charge in [-0.2, -0.15) is 0 Å². The van der Waals surface area contributed by atoms with Crippen LogP contribution in [0.3, 0.4) is 0 Å². The highest BCUT2D eigenvalue weighted by Gasteiger charge is 2.13. The van der Waals surface area contributed by atoms with Gasteiger partial charge >= 0.3 is 0 Å². The number of fused-ring (bicyclic) bond motifs is 1. The third-order valence-electron chi connectivity index (χ3n) is 4.06. The van der Waals surface area contributed by atoms with Gasteiger partial charge in [0.2, 0.25) is 5.89 Å². The molecule has 1 aromatic heterocycles. The van der Waals surface area contributed by atoms with E-state index in [4.69, 9.17) is 16.6 Å². The molecule has 0 aliphatic carbocycles. The molecule has 0 atom stereocenters. The molecule has 0 unspecified atom stereocenters. The van der Waals surface area contributed by atoms with Gasteiger partial charge in [-0.3, -0.25) is 10.1 Å². The van der Waals surface area contributed by atoms with Gasteiger partial charge in [-0.05, 0) is 83.3 Å². The number of nitrogens with one attached hydrogen (secondary N) is 2. The summed E-state index contributed by atoms with van der Waals surface area (Å²) >= 11 is 7.40. The molecule has 1 amide bonds. The maximum Gasteiger partial charge on any atom is 0.260 e. The summed E-state index contributed by atoms with van der Waals surface area (Å²) in [5.74, 6) is -0.713. The Bertz CT molecular complexity index is 1240. The van der Waals surface area contributed by atoms with Crippen molar-refractivity contribution < 1.29 is 13.6 Å². The summed E-state index contributed by atoms with van der Waals surface area (Å²) in [6.07, 6.45) is 0. The number of hydrogen-bond acceptors (Lipinski definition) is 4. The second-order valence-electron chi connectivity index (χ2n) is 6.10. The molecule has 1 heterocycles. The van der Waals surface area contributed by atoms with Gasteiger partial charge in [0.05, 0.1) is 5.56 Å². The standard InChI is InChI=1S/C21H13FIN3O2S/c22-16-7-2-1-6-15(16)19(27)26-21(29)24-14-8-9-18-17(11-14)25-20(28-18)12-4-3-5-13(23)10-12/h1-11H,(H2,24,26,27,29). The van der Waals surface area contributed by atoms with E-state index in [1.807, 2.05) is 24.3 Å². The zero-order chi connectivity index (χ0) is 20.4. The Morgan fingerprint density at radius 3 is 2.69 bits per heavy atom. The first-order valence-electron chi connectivity index (χ1n) is 8.53. The number of carbonyl (C=O) groups excluding carboxylic acids is 1. The second-order valence-corrected chi connectivity index (χ2v) is 7.75. The quantitative estimate of drug-likeness (QED) is 0.283. The Hall–Kier alpha value is -2.85. The fourth-order valence-corrected chi connectivity index (χ4v) is 3.48. The third kappa shape index (κ3) is 4.43. The van der Waals surface area contributed by atoms with Crippen LogP contribution in [0.15, 0.2) is 71.1 Å². The van der Waals surface area contributed by atoms with E-state index in [0.29, 0.717) is 22.7 Å². The summed E-state index contributed by atoms with van der Waals surface area (Å²) in [6, 6.07) is 18.8. The Morgan fingerprint density at radius 1 is 1.07 bits per heavy atom. The van der Waals surface area contributed by atoms with Crippen molar-refractivity contribution in [2.45, 2.75) is 0 Å². The first-order valence-corrected chi connectivity index (χ1v) is 10.0. The van der Waals surface area contributed by atoms with Crippen LogP contribution in [0.4, 0.5) is 10.1 Å². The van der Waals surface area contributed by atoms with Gasteiger partial charge in [0.15, 0.2) is 10.7 Å². The number of rotatable bonds is 3. The number of aromatic nitrogens is 1. The van der Waals surface area contributed by atoms with E-state index in [0.717, 1.165) is 9.13 Å². The summed E-state index contributed by atoms with van der Waals surface area (Å²) < 4.78 is 20.6. The largest absolute Gasteiger partial charge is 0.436 e. The number of anilines is 1. The van der Waals surface area contributed by atoms with E-state index in [2.05, 4.69) is 38.2 Å². The smallest absolute Gasteiger partial charge is 0.260 e. The third-order valence-corrected chi connectivity index (χ3v) is 4.94. The van der Waals surface area contributed by atoms with Gasteiger partial charge in [-0.25, -0.2) is 9.37 Å². The zero-order valence-corrected chi connectivity index (χ0v) is 17.8. The molecule has 4 aromatic rings. The Kier molecular flexibility index (Phi) is 5.54. The highest BCUT2D eigenvalue weighted by atomic mass is 127. The van der Waals surface area contributed by atoms with Gasteiger partial charge in [-0.1, -0.05) is 18.2 Å². The molecule has 0 aliphatic rings. The zero-order valence-electron chi connectivity index (χ0n) is 14.8. The maximum atomic E-state index is 13.7. The molecule has 5 nitrogen and oxygen atoms in total. The highest BCUT2D eigenvalue weighted by Crippen LogP contribution is 2.27. The summed E-state index contributed by atoms with van der Waals surface area (Å²) in [7, 11) is 0. The highest BCUT2D eigenvalue weighted by molar-refractivity contribution is 14.1. The van der Waals surface area contributed by atoms with Crippen molar-refractivity contribution in [1.29, 1.82) is 0 Å². The predicted octanol–water partition coefficient (Wildman–Crippen LogP) is 5.37. The molecule has 2 N–H and O–H groups in total. The van der Waals surface area contributed by atoms with Crippen molar-refractivity contribution in [2.75, 3.05) is 5.32 Å². The SMILES string of the molecule is O=C(NC(=S)Nc1ccc2oc(-c3cccc(I)c3)nc2c1)c1ccccc1F. The van der Waals surface area contributed by atoms with E-state index in [1.54, 1.807) is 24.3 Å². The van der Waals surface area contributed by atoms with E-state index in [-0.39, 0.29) is 10.7 Å². The lowest BCUT2D eigenvalue weighted by Crippen LogP contribution is -2.34. The van der Waals surface area contributed by atoms with Crippen molar-refractivity contribution in [1.82, 2.24) is 10.3 Å². The van der Waals surface area contributed by atoms with Crippen molar-refractivity contribution >= 4 is 62.6 Å². The van der Waals surface area contributed by atoms with Crippen LogP contribution in [-0.2, 0) is 0 Å². The monoisotopic (exact) mass is 517 g/mol. The fourth-order valence-electron chi connectivity index (χ4n) is 2.73. The summed E-state index contributed by atoms with van der Waals surface area (Å²) in [5.41, 5.74) is 2.71. The maximum absolute atomic E-state index is 13.7. The summed E-state index contributed by atoms with van der Waals surface area (Å²) in [5, 5.41) is 5.43. The lowest BCUT2D eigenvalue weighted by molar-refractivity contribution is 0.0974. The number of nitrogens with zero attached hydrogens (tertiary/aromatic N) is 1. The molecule has 0 spiro atoms. The Morgan fingerprint density at radius 2 is 1.90 bits per heavy atom. The molecule has 29 heavy (non-hydrogen) atoms. The number of hydrogen-bond donors (Lipinski definition) is 2. The van der Waals surface area contributed by atoms with Crippen LogP contribution in [0.2, 0.25) is 0 Å². The van der Waals surface area contributed by atoms with Gasteiger partial charge in [0, 0.05) is 14.8 Å². The van der Waals surface area contributed by atoms with Gasteiger partial charge < -0.3 is 9.73 Å². The normalized spacial score (nSPS) is 10.7. The molecule has 0 radical (unpaired) electrons. The molecule has 0 saturated heterocycles. The van der Waals surface area contributed by atoms with Crippen LogP contribution >= 0.6 is 34.8 Å². The van der Waals surface area contributed by atoms with Crippen LogP contribution in [0.1, 0.15) is 10.4 Å². The molecular weight excluding hydrogens is 504 g/mol. The van der Waals surface area contributed by atoms with Crippen molar-refractivity contribution in [2.24, 2.45) is 0 Å². The number of oxazole rings is 1. The summed E-state index contributed by atoms with van der Waals surface area (Å²) in [4.78, 5) is 16.7. The number of halogens is 2. The van der Waals surface area contributed by atoms with Crippen LogP contribution in [0, 0.1) is 9.39 Å². The minimum Gasteiger partial charge on any atom is -0.436 e. The van der Waals surface area contributed by atoms with Crippen LogP contribution in [0.5, 0.6) is 0 Å². The average molecular weight is 517 g/mol. The first-order chi connectivity index (χ1) is 14.0. The van der Waals surface area contributed by atoms with E-state index in [9.17, 15) is 9.18 Å². The van der Waals surface area contributed by atoms with Crippen molar-refractivity contribution in [3.63, 3.8) is 0 Å². The minimum atomic E-state index is -0.621. The van der Waals surface area contributed by atoms with Gasteiger partial charge in [-0.15, -0.1) is 0 Å². The molecule has 0 fully saturated rings. The molecule has 3 aromatic carbocycles. The second kappa shape index (κ2) is 8.26. The number of benzene rings is 3.